The summed E-state index contributed by atoms with van der Waals surface area (Å²) in [6.45, 7) is 6.61. The number of halogens is 1. The van der Waals surface area contributed by atoms with Crippen LogP contribution in [-0.2, 0) is 52.8 Å². The monoisotopic (exact) mass is 827 g/mol. The smallest absolute Gasteiger partial charge is 0.410 e. The van der Waals surface area contributed by atoms with Gasteiger partial charge >= 0.3 is 6.09 Å². The van der Waals surface area contributed by atoms with Gasteiger partial charge in [0, 0.05) is 0 Å². The lowest BCUT2D eigenvalue weighted by Crippen LogP contribution is -2.70. The Morgan fingerprint density at radius 1 is 0.667 bits per heavy atom. The van der Waals surface area contributed by atoms with E-state index in [1.165, 1.54) is 4.90 Å². The standard InChI is InChI=1S/C45H50ClNO8SSi/c1-45(2,3)57(38-25-15-7-16-26-38,39-27-17-8-18-28-39)54-33-40-42(55-56(49,50)34-46)43(52-31-36-21-11-5-12-22-36)41(51-30-35-19-9-4-10-20-35)29-47(40)44(48)53-32-37-23-13-6-14-24-37/h4-28,40-43H,29-34H2,1-3H3/t40-,41+,42-,43-/m1/s1. The minimum atomic E-state index is -4.34. The van der Waals surface area contributed by atoms with Crippen LogP contribution in [0.15, 0.2) is 152 Å². The second-order valence-corrected chi connectivity index (χ2v) is 21.5. The molecule has 0 unspecified atom stereocenters. The number of hydrogen-bond acceptors (Lipinski definition) is 8. The van der Waals surface area contributed by atoms with Gasteiger partial charge in [-0.1, -0.05) is 172 Å². The molecule has 1 aliphatic heterocycles. The number of alkyl halides is 1. The van der Waals surface area contributed by atoms with Crippen LogP contribution in [0.1, 0.15) is 37.5 Å². The number of carbonyl (C=O) groups is 1. The van der Waals surface area contributed by atoms with Gasteiger partial charge in [-0.3, -0.25) is 9.08 Å². The Morgan fingerprint density at radius 3 is 1.56 bits per heavy atom. The van der Waals surface area contributed by atoms with E-state index in [2.05, 4.69) is 45.0 Å². The van der Waals surface area contributed by atoms with E-state index in [0.717, 1.165) is 27.1 Å². The SMILES string of the molecule is CC(C)(C)[Si](OC[C@@H]1[C@@H](OS(=O)(=O)CCl)[C@H](OCc2ccccc2)[C@@H](OCc2ccccc2)CN1C(=O)OCc1ccccc1)(c1ccccc1)c1ccccc1. The van der Waals surface area contributed by atoms with Crippen LogP contribution >= 0.6 is 11.6 Å². The van der Waals surface area contributed by atoms with Gasteiger partial charge in [0.05, 0.1) is 32.4 Å². The number of ether oxygens (including phenoxy) is 3. The predicted octanol–water partition coefficient (Wildman–Crippen LogP) is 7.67. The number of likely N-dealkylation sites (tertiary alicyclic amines) is 1. The zero-order chi connectivity index (χ0) is 40.3. The van der Waals surface area contributed by atoms with Crippen molar-refractivity contribution in [1.29, 1.82) is 0 Å². The summed E-state index contributed by atoms with van der Waals surface area (Å²) in [7, 11) is -7.56. The minimum Gasteiger partial charge on any atom is -0.445 e. The fraction of sp³-hybridized carbons (Fsp3) is 0.311. The minimum absolute atomic E-state index is 0.00449. The number of benzene rings is 5. The molecule has 4 atom stereocenters. The molecule has 5 aromatic carbocycles. The van der Waals surface area contributed by atoms with Crippen LogP contribution in [0.5, 0.6) is 0 Å². The van der Waals surface area contributed by atoms with Crippen LogP contribution in [0, 0.1) is 0 Å². The summed E-state index contributed by atoms with van der Waals surface area (Å²) in [5.41, 5.74) is 2.55. The zero-order valence-electron chi connectivity index (χ0n) is 32.5. The number of piperidine rings is 1. The Balaban J connectivity index is 1.46. The second kappa shape index (κ2) is 19.4. The molecule has 0 N–H and O–H groups in total. The summed E-state index contributed by atoms with van der Waals surface area (Å²) >= 11 is 6.03. The Morgan fingerprint density at radius 2 is 1.11 bits per heavy atom. The molecular formula is C45H50ClNO8SSi. The fourth-order valence-electron chi connectivity index (χ4n) is 7.42. The first-order chi connectivity index (χ1) is 27.5. The quantitative estimate of drug-likeness (QED) is 0.0568. The predicted molar refractivity (Wildman–Crippen MR) is 225 cm³/mol. The summed E-state index contributed by atoms with van der Waals surface area (Å²) in [6, 6.07) is 47.7. The van der Waals surface area contributed by atoms with E-state index >= 15 is 0 Å². The molecule has 6 rings (SSSR count). The molecule has 300 valence electrons. The molecule has 0 bridgehead atoms. The van der Waals surface area contributed by atoms with E-state index < -0.39 is 59.1 Å². The lowest BCUT2D eigenvalue weighted by atomic mass is 9.94. The van der Waals surface area contributed by atoms with E-state index in [0.29, 0.717) is 0 Å². The molecule has 57 heavy (non-hydrogen) atoms. The van der Waals surface area contributed by atoms with Crippen molar-refractivity contribution in [2.75, 3.05) is 18.4 Å². The maximum Gasteiger partial charge on any atom is 0.410 e. The highest BCUT2D eigenvalue weighted by Crippen LogP contribution is 2.38. The molecular weight excluding hydrogens is 778 g/mol. The fourth-order valence-corrected chi connectivity index (χ4v) is 12.8. The van der Waals surface area contributed by atoms with Crippen LogP contribution in [0.3, 0.4) is 0 Å². The second-order valence-electron chi connectivity index (χ2n) is 15.1. The van der Waals surface area contributed by atoms with E-state index in [1.54, 1.807) is 0 Å². The van der Waals surface area contributed by atoms with Crippen molar-refractivity contribution < 1.29 is 36.0 Å². The van der Waals surface area contributed by atoms with Crippen molar-refractivity contribution in [2.45, 2.75) is 70.0 Å². The molecule has 1 heterocycles. The van der Waals surface area contributed by atoms with Gasteiger partial charge in [0.2, 0.25) is 0 Å². The van der Waals surface area contributed by atoms with Gasteiger partial charge in [0.1, 0.15) is 30.1 Å². The number of amides is 1. The third kappa shape index (κ3) is 10.6. The molecule has 9 nitrogen and oxygen atoms in total. The molecule has 1 fully saturated rings. The maximum atomic E-state index is 14.5. The van der Waals surface area contributed by atoms with Gasteiger partial charge in [0.25, 0.3) is 18.4 Å². The van der Waals surface area contributed by atoms with E-state index in [9.17, 15) is 13.2 Å². The third-order valence-electron chi connectivity index (χ3n) is 10.2. The van der Waals surface area contributed by atoms with Gasteiger partial charge in [-0.2, -0.15) is 8.42 Å². The van der Waals surface area contributed by atoms with Gasteiger partial charge in [-0.25, -0.2) is 4.79 Å². The Bertz CT molecular complexity index is 2050. The largest absolute Gasteiger partial charge is 0.445 e. The maximum absolute atomic E-state index is 14.5. The normalized spacial score (nSPS) is 18.9. The van der Waals surface area contributed by atoms with E-state index in [1.807, 2.05) is 127 Å². The van der Waals surface area contributed by atoms with Crippen molar-refractivity contribution in [1.82, 2.24) is 4.90 Å². The molecule has 5 aromatic rings. The Labute approximate surface area is 342 Å². The summed E-state index contributed by atoms with van der Waals surface area (Å²) < 4.78 is 59.6. The van der Waals surface area contributed by atoms with E-state index in [-0.39, 0.29) is 33.0 Å². The van der Waals surface area contributed by atoms with Gasteiger partial charge in [-0.05, 0) is 32.1 Å². The van der Waals surface area contributed by atoms with Crippen LogP contribution < -0.4 is 10.4 Å². The topological polar surface area (TPSA) is 101 Å². The number of carbonyl (C=O) groups excluding carboxylic acids is 1. The van der Waals surface area contributed by atoms with Crippen molar-refractivity contribution in [2.24, 2.45) is 0 Å². The van der Waals surface area contributed by atoms with Gasteiger partial charge < -0.3 is 18.6 Å². The highest BCUT2D eigenvalue weighted by molar-refractivity contribution is 7.87. The van der Waals surface area contributed by atoms with Crippen molar-refractivity contribution in [3.05, 3.63) is 168 Å². The first-order valence-corrected chi connectivity index (χ1v) is 23.0. The van der Waals surface area contributed by atoms with Crippen molar-refractivity contribution in [3.8, 4) is 0 Å². The average Bonchev–Trinajstić information content (AvgIpc) is 3.23. The molecule has 0 aliphatic carbocycles. The third-order valence-corrected chi connectivity index (χ3v) is 16.7. The molecule has 0 spiro atoms. The molecule has 1 aliphatic rings. The van der Waals surface area contributed by atoms with E-state index in [4.69, 9.17) is 34.4 Å². The lowest BCUT2D eigenvalue weighted by Gasteiger charge is -2.49. The molecule has 0 saturated carbocycles. The summed E-state index contributed by atoms with van der Waals surface area (Å²) in [5, 5.41) is 0.797. The number of hydrogen-bond donors (Lipinski definition) is 0. The Kier molecular flexibility index (Phi) is 14.4. The van der Waals surface area contributed by atoms with Gasteiger partial charge in [0.15, 0.2) is 0 Å². The molecule has 1 amide bonds. The van der Waals surface area contributed by atoms with Crippen LogP contribution in [0.4, 0.5) is 4.79 Å². The molecule has 0 radical (unpaired) electrons. The summed E-state index contributed by atoms with van der Waals surface area (Å²) in [5.74, 6) is 0. The highest BCUT2D eigenvalue weighted by Gasteiger charge is 2.54. The highest BCUT2D eigenvalue weighted by atomic mass is 35.5. The Hall–Kier alpha value is -4.33. The van der Waals surface area contributed by atoms with Gasteiger partial charge in [-0.15, -0.1) is 11.6 Å². The van der Waals surface area contributed by atoms with Crippen LogP contribution in [0.25, 0.3) is 0 Å². The van der Waals surface area contributed by atoms with Crippen LogP contribution in [-0.4, -0.2) is 70.4 Å². The zero-order valence-corrected chi connectivity index (χ0v) is 35.1. The lowest BCUT2D eigenvalue weighted by molar-refractivity contribution is -0.175. The van der Waals surface area contributed by atoms with Crippen molar-refractivity contribution >= 4 is 46.5 Å². The average molecular weight is 828 g/mol. The first-order valence-electron chi connectivity index (χ1n) is 19.0. The summed E-state index contributed by atoms with van der Waals surface area (Å²) in [4.78, 5) is 15.9. The number of nitrogens with zero attached hydrogens (tertiary/aromatic N) is 1. The van der Waals surface area contributed by atoms with Crippen molar-refractivity contribution in [3.63, 3.8) is 0 Å². The summed E-state index contributed by atoms with van der Waals surface area (Å²) in [6.07, 6.45) is -3.83. The van der Waals surface area contributed by atoms with Crippen LogP contribution in [0.2, 0.25) is 5.04 Å². The number of rotatable bonds is 16. The first kappa shape index (κ1) is 42.3. The molecule has 12 heteroatoms. The molecule has 0 aromatic heterocycles. The molecule has 1 saturated heterocycles.